The van der Waals surface area contributed by atoms with Gasteiger partial charge in [0.15, 0.2) is 0 Å². The van der Waals surface area contributed by atoms with E-state index in [0.29, 0.717) is 33.3 Å². The Morgan fingerprint density at radius 3 is 2.43 bits per heavy atom. The lowest BCUT2D eigenvalue weighted by molar-refractivity contribution is 0.0600. The summed E-state index contributed by atoms with van der Waals surface area (Å²) in [4.78, 5) is 25.5. The average molecular weight is 396 g/mol. The van der Waals surface area contributed by atoms with E-state index in [1.807, 2.05) is 0 Å². The highest BCUT2D eigenvalue weighted by atomic mass is 32.2. The van der Waals surface area contributed by atoms with Gasteiger partial charge in [0, 0.05) is 29.1 Å². The molecule has 1 aliphatic rings. The fraction of sp³-hybridized carbons (Fsp3) is 0.100. The molecule has 0 aliphatic carbocycles. The number of hydrogen-bond donors (Lipinski definition) is 1. The number of sulfonamides is 1. The summed E-state index contributed by atoms with van der Waals surface area (Å²) in [6.45, 7) is 0. The number of anilines is 2. The van der Waals surface area contributed by atoms with Crippen molar-refractivity contribution in [3.05, 3.63) is 65.7 Å². The van der Waals surface area contributed by atoms with E-state index in [2.05, 4.69) is 9.46 Å². The molecule has 0 radical (unpaired) electrons. The zero-order chi connectivity index (χ0) is 20.1. The third-order valence-electron chi connectivity index (χ3n) is 4.72. The Morgan fingerprint density at radius 1 is 1.04 bits per heavy atom. The van der Waals surface area contributed by atoms with Gasteiger partial charge in [-0.3, -0.25) is 9.52 Å². The first-order chi connectivity index (χ1) is 13.3. The molecule has 1 heterocycles. The summed E-state index contributed by atoms with van der Waals surface area (Å²) < 4.78 is 33.1. The lowest BCUT2D eigenvalue weighted by Gasteiger charge is -2.13. The number of methoxy groups -OCH3 is 1. The normalized spacial score (nSPS) is 13.1. The minimum absolute atomic E-state index is 0.0771. The van der Waals surface area contributed by atoms with Crippen LogP contribution in [0.15, 0.2) is 59.5 Å². The van der Waals surface area contributed by atoms with Crippen LogP contribution in [-0.2, 0) is 14.8 Å². The number of hydrogen-bond acceptors (Lipinski definition) is 5. The van der Waals surface area contributed by atoms with Crippen molar-refractivity contribution in [1.29, 1.82) is 0 Å². The summed E-state index contributed by atoms with van der Waals surface area (Å²) in [6.07, 6.45) is 0. The molecule has 0 saturated carbocycles. The maximum absolute atomic E-state index is 13.0. The number of carbonyl (C=O) groups is 2. The zero-order valence-electron chi connectivity index (χ0n) is 15.1. The molecule has 4 rings (SSSR count). The molecule has 3 aromatic carbocycles. The quantitative estimate of drug-likeness (QED) is 0.685. The van der Waals surface area contributed by atoms with Gasteiger partial charge in [0.05, 0.1) is 23.3 Å². The van der Waals surface area contributed by atoms with Crippen LogP contribution in [0.3, 0.4) is 0 Å². The van der Waals surface area contributed by atoms with Crippen LogP contribution in [0.1, 0.15) is 20.7 Å². The molecule has 0 bridgehead atoms. The van der Waals surface area contributed by atoms with Crippen LogP contribution < -0.4 is 9.62 Å². The van der Waals surface area contributed by atoms with Gasteiger partial charge in [-0.15, -0.1) is 0 Å². The molecule has 8 heteroatoms. The molecule has 1 amide bonds. The molecule has 28 heavy (non-hydrogen) atoms. The van der Waals surface area contributed by atoms with Crippen molar-refractivity contribution in [2.24, 2.45) is 0 Å². The number of esters is 1. The van der Waals surface area contributed by atoms with Crippen molar-refractivity contribution >= 4 is 44.0 Å². The van der Waals surface area contributed by atoms with Gasteiger partial charge in [-0.1, -0.05) is 12.1 Å². The highest BCUT2D eigenvalue weighted by molar-refractivity contribution is 7.93. The Bertz CT molecular complexity index is 1230. The fourth-order valence-electron chi connectivity index (χ4n) is 3.35. The van der Waals surface area contributed by atoms with Crippen molar-refractivity contribution in [2.75, 3.05) is 23.8 Å². The first-order valence-electron chi connectivity index (χ1n) is 8.38. The highest BCUT2D eigenvalue weighted by Crippen LogP contribution is 2.39. The second kappa shape index (κ2) is 6.35. The molecule has 7 nitrogen and oxygen atoms in total. The number of benzene rings is 3. The van der Waals surface area contributed by atoms with Gasteiger partial charge in [0.1, 0.15) is 0 Å². The zero-order valence-corrected chi connectivity index (χ0v) is 15.9. The monoisotopic (exact) mass is 396 g/mol. The van der Waals surface area contributed by atoms with E-state index in [4.69, 9.17) is 0 Å². The lowest BCUT2D eigenvalue weighted by atomic mass is 10.1. The second-order valence-electron chi connectivity index (χ2n) is 6.35. The summed E-state index contributed by atoms with van der Waals surface area (Å²) in [6, 6.07) is 14.1. The topological polar surface area (TPSA) is 92.8 Å². The standard InChI is InChI=1S/C20H16N2O5S/c1-22-16-10-11-17(14-4-3-5-15(18(14)16)19(22)23)28(25,26)21-13-8-6-12(7-9-13)20(24)27-2/h3-11,21H,1-2H3. The van der Waals surface area contributed by atoms with Gasteiger partial charge in [0.2, 0.25) is 0 Å². The number of carbonyl (C=O) groups excluding carboxylic acids is 2. The third-order valence-corrected chi connectivity index (χ3v) is 6.16. The van der Waals surface area contributed by atoms with E-state index >= 15 is 0 Å². The minimum atomic E-state index is -3.92. The van der Waals surface area contributed by atoms with Gasteiger partial charge in [-0.25, -0.2) is 13.2 Å². The van der Waals surface area contributed by atoms with E-state index in [9.17, 15) is 18.0 Å². The number of nitrogens with zero attached hydrogens (tertiary/aromatic N) is 1. The Morgan fingerprint density at radius 2 is 1.75 bits per heavy atom. The summed E-state index contributed by atoms with van der Waals surface area (Å²) in [7, 11) is -0.982. The summed E-state index contributed by atoms with van der Waals surface area (Å²) in [5.41, 5.74) is 1.79. The largest absolute Gasteiger partial charge is 0.465 e. The number of rotatable bonds is 4. The SMILES string of the molecule is COC(=O)c1ccc(NS(=O)(=O)c2ccc3c4c(cccc24)C(=O)N3C)cc1. The molecule has 0 saturated heterocycles. The maximum atomic E-state index is 13.0. The maximum Gasteiger partial charge on any atom is 0.337 e. The van der Waals surface area contributed by atoms with Crippen LogP contribution in [-0.4, -0.2) is 34.5 Å². The van der Waals surface area contributed by atoms with Gasteiger partial charge >= 0.3 is 5.97 Å². The minimum Gasteiger partial charge on any atom is -0.465 e. The van der Waals surface area contributed by atoms with Crippen LogP contribution in [0, 0.1) is 0 Å². The molecule has 3 aromatic rings. The molecule has 0 atom stereocenters. The van der Waals surface area contributed by atoms with Crippen LogP contribution >= 0.6 is 0 Å². The number of ether oxygens (including phenoxy) is 1. The van der Waals surface area contributed by atoms with Gasteiger partial charge in [-0.05, 0) is 42.5 Å². The molecule has 1 aliphatic heterocycles. The average Bonchev–Trinajstić information content (AvgIpc) is 2.94. The molecule has 0 fully saturated rings. The molecule has 1 N–H and O–H groups in total. The van der Waals surface area contributed by atoms with Crippen molar-refractivity contribution in [3.63, 3.8) is 0 Å². The first-order valence-corrected chi connectivity index (χ1v) is 9.87. The van der Waals surface area contributed by atoms with Crippen LogP contribution in [0.5, 0.6) is 0 Å². The highest BCUT2D eigenvalue weighted by Gasteiger charge is 2.30. The van der Waals surface area contributed by atoms with Crippen LogP contribution in [0.25, 0.3) is 10.8 Å². The van der Waals surface area contributed by atoms with E-state index in [1.54, 1.807) is 31.3 Å². The molecule has 142 valence electrons. The van der Waals surface area contributed by atoms with Gasteiger partial charge < -0.3 is 9.64 Å². The van der Waals surface area contributed by atoms with Gasteiger partial charge in [0.25, 0.3) is 15.9 Å². The molecular formula is C20H16N2O5S. The first kappa shape index (κ1) is 18.0. The number of amides is 1. The third kappa shape index (κ3) is 2.69. The fourth-order valence-corrected chi connectivity index (χ4v) is 4.61. The smallest absolute Gasteiger partial charge is 0.337 e. The van der Waals surface area contributed by atoms with Gasteiger partial charge in [-0.2, -0.15) is 0 Å². The molecule has 0 unspecified atom stereocenters. The summed E-state index contributed by atoms with van der Waals surface area (Å²) in [5.74, 6) is -0.669. The molecular weight excluding hydrogens is 380 g/mol. The van der Waals surface area contributed by atoms with E-state index in [1.165, 1.54) is 42.3 Å². The van der Waals surface area contributed by atoms with Crippen molar-refractivity contribution in [3.8, 4) is 0 Å². The summed E-state index contributed by atoms with van der Waals surface area (Å²) in [5, 5.41) is 1.10. The predicted molar refractivity (Wildman–Crippen MR) is 105 cm³/mol. The van der Waals surface area contributed by atoms with Crippen molar-refractivity contribution < 1.29 is 22.7 Å². The van der Waals surface area contributed by atoms with E-state index < -0.39 is 16.0 Å². The van der Waals surface area contributed by atoms with Crippen molar-refractivity contribution in [2.45, 2.75) is 4.90 Å². The van der Waals surface area contributed by atoms with E-state index in [-0.39, 0.29) is 10.8 Å². The van der Waals surface area contributed by atoms with Crippen LogP contribution in [0.4, 0.5) is 11.4 Å². The Kier molecular flexibility index (Phi) is 4.08. The van der Waals surface area contributed by atoms with Crippen LogP contribution in [0.2, 0.25) is 0 Å². The van der Waals surface area contributed by atoms with E-state index in [0.717, 1.165) is 0 Å². The molecule has 0 aromatic heterocycles. The Hall–Kier alpha value is -3.39. The Balaban J connectivity index is 1.76. The molecule has 0 spiro atoms. The second-order valence-corrected chi connectivity index (χ2v) is 8.00. The number of nitrogens with one attached hydrogen (secondary N) is 1. The summed E-state index contributed by atoms with van der Waals surface area (Å²) >= 11 is 0. The predicted octanol–water partition coefficient (Wildman–Crippen LogP) is 3.02. The van der Waals surface area contributed by atoms with Crippen molar-refractivity contribution in [1.82, 2.24) is 0 Å². The Labute approximate surface area is 161 Å². The lowest BCUT2D eigenvalue weighted by Crippen LogP contribution is -2.20.